The number of carbonyl (C=O) groups excluding carboxylic acids is 1. The first-order chi connectivity index (χ1) is 9.46. The fourth-order valence-corrected chi connectivity index (χ4v) is 3.14. The van der Waals surface area contributed by atoms with Crippen molar-refractivity contribution in [2.45, 2.75) is 18.4 Å². The first kappa shape index (κ1) is 15.7. The van der Waals surface area contributed by atoms with Crippen LogP contribution in [0.3, 0.4) is 0 Å². The second kappa shape index (κ2) is 6.41. The highest BCUT2D eigenvalue weighted by Crippen LogP contribution is 2.24. The highest BCUT2D eigenvalue weighted by Gasteiger charge is 2.35. The Morgan fingerprint density at radius 1 is 1.50 bits per heavy atom. The molecule has 0 aliphatic carbocycles. The first-order valence-electron chi connectivity index (χ1n) is 6.33. The molecule has 2 rings (SSSR count). The van der Waals surface area contributed by atoms with Crippen molar-refractivity contribution < 1.29 is 4.79 Å². The van der Waals surface area contributed by atoms with Crippen molar-refractivity contribution in [3.63, 3.8) is 0 Å². The maximum Gasteiger partial charge on any atom is 0.253 e. The number of halogens is 2. The molecule has 0 radical (unpaired) electrons. The molecule has 1 aliphatic rings. The lowest BCUT2D eigenvalue weighted by Crippen LogP contribution is -2.53. The molecule has 0 spiro atoms. The number of nitriles is 1. The molecule has 1 saturated heterocycles. The van der Waals surface area contributed by atoms with Gasteiger partial charge in [0.2, 0.25) is 0 Å². The molecule has 1 N–H and O–H groups in total. The molecule has 106 valence electrons. The second-order valence-corrected chi connectivity index (χ2v) is 7.18. The van der Waals surface area contributed by atoms with E-state index in [0.717, 1.165) is 21.1 Å². The fraction of sp³-hybridized carbons (Fsp3) is 0.429. The van der Waals surface area contributed by atoms with Crippen molar-refractivity contribution >= 4 is 44.4 Å². The average molecular weight is 448 g/mol. The second-order valence-electron chi connectivity index (χ2n) is 5.08. The number of hydrogen-bond donors (Lipinski definition) is 1. The quantitative estimate of drug-likeness (QED) is 0.709. The lowest BCUT2D eigenvalue weighted by atomic mass is 9.89. The molecule has 1 aliphatic heterocycles. The zero-order valence-electron chi connectivity index (χ0n) is 11.1. The molecule has 0 saturated carbocycles. The molecule has 20 heavy (non-hydrogen) atoms. The fourth-order valence-electron chi connectivity index (χ4n) is 2.22. The van der Waals surface area contributed by atoms with E-state index in [-0.39, 0.29) is 5.91 Å². The molecule has 4 nitrogen and oxygen atoms in total. The smallest absolute Gasteiger partial charge is 0.253 e. The number of carbonyl (C=O) groups is 1. The van der Waals surface area contributed by atoms with Crippen LogP contribution in [0.15, 0.2) is 22.7 Å². The molecule has 0 bridgehead atoms. The summed E-state index contributed by atoms with van der Waals surface area (Å²) in [5.74, 6) is -0.193. The van der Waals surface area contributed by atoms with Crippen LogP contribution in [-0.4, -0.2) is 36.5 Å². The minimum absolute atomic E-state index is 0.193. The predicted octanol–water partition coefficient (Wildman–Crippen LogP) is 2.77. The van der Waals surface area contributed by atoms with Gasteiger partial charge in [0.15, 0.2) is 0 Å². The van der Waals surface area contributed by atoms with Crippen LogP contribution in [0.1, 0.15) is 23.2 Å². The van der Waals surface area contributed by atoms with E-state index in [1.807, 2.05) is 25.2 Å². The largest absolute Gasteiger partial charge is 0.334 e. The van der Waals surface area contributed by atoms with Crippen LogP contribution in [0.2, 0.25) is 0 Å². The Morgan fingerprint density at radius 3 is 2.75 bits per heavy atom. The van der Waals surface area contributed by atoms with Gasteiger partial charge >= 0.3 is 0 Å². The van der Waals surface area contributed by atoms with Crippen LogP contribution >= 0.6 is 38.5 Å². The van der Waals surface area contributed by atoms with Crippen molar-refractivity contribution in [3.05, 3.63) is 31.8 Å². The molecule has 1 fully saturated rings. The van der Waals surface area contributed by atoms with Gasteiger partial charge in [0.1, 0.15) is 5.54 Å². The van der Waals surface area contributed by atoms with Gasteiger partial charge in [-0.2, -0.15) is 5.26 Å². The lowest BCUT2D eigenvalue weighted by molar-refractivity contribution is 0.0881. The van der Waals surface area contributed by atoms with Crippen molar-refractivity contribution in [3.8, 4) is 6.07 Å². The molecule has 1 amide bonds. The molecule has 1 aromatic rings. The molecule has 0 atom stereocenters. The molecule has 0 unspecified atom stereocenters. The number of rotatable bonds is 2. The van der Waals surface area contributed by atoms with Crippen molar-refractivity contribution in [2.75, 3.05) is 20.1 Å². The Hall–Kier alpha value is -0.650. The van der Waals surface area contributed by atoms with E-state index in [9.17, 15) is 10.1 Å². The summed E-state index contributed by atoms with van der Waals surface area (Å²) in [6.45, 7) is 1.64. The molecular weight excluding hydrogens is 433 g/mol. The van der Waals surface area contributed by atoms with Gasteiger partial charge in [-0.3, -0.25) is 4.79 Å². The van der Waals surface area contributed by atoms with Gasteiger partial charge in [-0.15, -0.1) is 0 Å². The van der Waals surface area contributed by atoms with Gasteiger partial charge in [0.25, 0.3) is 5.91 Å². The summed E-state index contributed by atoms with van der Waals surface area (Å²) in [6, 6.07) is 7.90. The van der Waals surface area contributed by atoms with Gasteiger partial charge < -0.3 is 10.2 Å². The molecule has 0 aromatic heterocycles. The van der Waals surface area contributed by atoms with E-state index in [4.69, 9.17) is 0 Å². The highest BCUT2D eigenvalue weighted by molar-refractivity contribution is 14.1. The van der Waals surface area contributed by atoms with Crippen molar-refractivity contribution in [1.82, 2.24) is 10.2 Å². The van der Waals surface area contributed by atoms with Gasteiger partial charge in [0.05, 0.1) is 11.6 Å². The molecule has 1 aromatic carbocycles. The van der Waals surface area contributed by atoms with Gasteiger partial charge in [-0.1, -0.05) is 0 Å². The maximum atomic E-state index is 12.4. The average Bonchev–Trinajstić information content (AvgIpc) is 2.44. The number of piperidine rings is 1. The number of likely N-dealkylation sites (tertiary alicyclic amines) is 1. The molecule has 1 heterocycles. The third kappa shape index (κ3) is 3.51. The monoisotopic (exact) mass is 447 g/mol. The number of nitrogens with one attached hydrogen (secondary N) is 1. The Morgan fingerprint density at radius 2 is 2.15 bits per heavy atom. The summed E-state index contributed by atoms with van der Waals surface area (Å²) in [4.78, 5) is 14.6. The van der Waals surface area contributed by atoms with Crippen LogP contribution < -0.4 is 5.32 Å². The van der Waals surface area contributed by atoms with E-state index < -0.39 is 5.54 Å². The van der Waals surface area contributed by atoms with Crippen molar-refractivity contribution in [2.24, 2.45) is 0 Å². The van der Waals surface area contributed by atoms with E-state index >= 15 is 0 Å². The van der Waals surface area contributed by atoms with Crippen molar-refractivity contribution in [1.29, 1.82) is 5.26 Å². The Bertz CT molecular complexity index is 562. The Labute approximate surface area is 140 Å². The Kier molecular flexibility index (Phi) is 5.04. The van der Waals surface area contributed by atoms with E-state index in [1.165, 1.54) is 0 Å². The van der Waals surface area contributed by atoms with Gasteiger partial charge in [0, 0.05) is 21.1 Å². The minimum atomic E-state index is -0.746. The molecule has 6 heteroatoms. The van der Waals surface area contributed by atoms with Crippen LogP contribution in [0.4, 0.5) is 0 Å². The summed E-state index contributed by atoms with van der Waals surface area (Å²) < 4.78 is 1.74. The van der Waals surface area contributed by atoms with Crippen LogP contribution in [0, 0.1) is 14.9 Å². The number of hydrogen-bond acceptors (Lipinski definition) is 3. The highest BCUT2D eigenvalue weighted by atomic mass is 127. The topological polar surface area (TPSA) is 56.1 Å². The zero-order valence-corrected chi connectivity index (χ0v) is 14.9. The third-order valence-corrected chi connectivity index (χ3v) is 4.94. The minimum Gasteiger partial charge on any atom is -0.334 e. The standard InChI is InChI=1S/C14H15BrIN3O/c1-19-6-4-14(9-17,5-7-19)18-13(20)11-8-10(16)2-3-12(11)15/h2-3,8H,4-7H2,1H3,(H,18,20). The zero-order chi connectivity index (χ0) is 14.8. The summed E-state index contributed by atoms with van der Waals surface area (Å²) in [5, 5.41) is 12.4. The summed E-state index contributed by atoms with van der Waals surface area (Å²) in [7, 11) is 2.03. The van der Waals surface area contributed by atoms with E-state index in [1.54, 1.807) is 0 Å². The Balaban J connectivity index is 2.18. The van der Waals surface area contributed by atoms with Gasteiger partial charge in [-0.25, -0.2) is 0 Å². The van der Waals surface area contributed by atoms with E-state index in [2.05, 4.69) is 54.8 Å². The summed E-state index contributed by atoms with van der Waals surface area (Å²) in [5.41, 5.74) is -0.171. The number of nitrogens with zero attached hydrogens (tertiary/aromatic N) is 2. The number of amides is 1. The summed E-state index contributed by atoms with van der Waals surface area (Å²) in [6.07, 6.45) is 1.32. The third-order valence-electron chi connectivity index (χ3n) is 3.58. The van der Waals surface area contributed by atoms with Gasteiger partial charge in [-0.05, 0) is 76.6 Å². The predicted molar refractivity (Wildman–Crippen MR) is 89.4 cm³/mol. The lowest BCUT2D eigenvalue weighted by Gasteiger charge is -2.36. The first-order valence-corrected chi connectivity index (χ1v) is 8.20. The van der Waals surface area contributed by atoms with Crippen LogP contribution in [-0.2, 0) is 0 Å². The number of benzene rings is 1. The van der Waals surface area contributed by atoms with E-state index in [0.29, 0.717) is 18.4 Å². The van der Waals surface area contributed by atoms with Crippen LogP contribution in [0.25, 0.3) is 0 Å². The summed E-state index contributed by atoms with van der Waals surface area (Å²) >= 11 is 5.56. The van der Waals surface area contributed by atoms with Crippen LogP contribution in [0.5, 0.6) is 0 Å². The molecular formula is C14H15BrIN3O. The maximum absolute atomic E-state index is 12.4. The normalized spacial score (nSPS) is 18.3. The SMILES string of the molecule is CN1CCC(C#N)(NC(=O)c2cc(I)ccc2Br)CC1.